The van der Waals surface area contributed by atoms with Gasteiger partial charge in [-0.3, -0.25) is 9.69 Å². The van der Waals surface area contributed by atoms with Crippen molar-refractivity contribution in [3.8, 4) is 5.75 Å². The molecule has 4 nitrogen and oxygen atoms in total. The summed E-state index contributed by atoms with van der Waals surface area (Å²) in [6.07, 6.45) is 3.86. The van der Waals surface area contributed by atoms with Gasteiger partial charge in [-0.15, -0.1) is 0 Å². The molecule has 27 heavy (non-hydrogen) atoms. The summed E-state index contributed by atoms with van der Waals surface area (Å²) in [4.78, 5) is 14.8. The van der Waals surface area contributed by atoms with Gasteiger partial charge < -0.3 is 10.1 Å². The van der Waals surface area contributed by atoms with E-state index in [0.717, 1.165) is 30.0 Å². The largest absolute Gasteiger partial charge is 0.496 e. The topological polar surface area (TPSA) is 41.6 Å². The number of nitrogens with one attached hydrogen (secondary N) is 1. The molecule has 2 aromatic rings. The van der Waals surface area contributed by atoms with E-state index >= 15 is 0 Å². The van der Waals surface area contributed by atoms with Crippen LogP contribution in [0.15, 0.2) is 48.5 Å². The molecule has 1 atom stereocenters. The van der Waals surface area contributed by atoms with Crippen molar-refractivity contribution in [1.29, 1.82) is 0 Å². The molecule has 1 unspecified atom stereocenters. The second kappa shape index (κ2) is 9.51. The molecule has 1 aliphatic heterocycles. The van der Waals surface area contributed by atoms with Crippen molar-refractivity contribution in [2.24, 2.45) is 0 Å². The fourth-order valence-electron chi connectivity index (χ4n) is 3.67. The van der Waals surface area contributed by atoms with Crippen molar-refractivity contribution < 1.29 is 13.9 Å². The van der Waals surface area contributed by atoms with E-state index in [-0.39, 0.29) is 24.2 Å². The lowest BCUT2D eigenvalue weighted by atomic mass is 10.0. The molecular weight excluding hydrogens is 343 g/mol. The zero-order chi connectivity index (χ0) is 19.1. The van der Waals surface area contributed by atoms with Crippen LogP contribution in [0.4, 0.5) is 4.39 Å². The number of halogens is 1. The van der Waals surface area contributed by atoms with E-state index in [0.29, 0.717) is 6.54 Å². The Morgan fingerprint density at radius 2 is 1.81 bits per heavy atom. The molecule has 3 rings (SSSR count). The maximum atomic E-state index is 13.0. The van der Waals surface area contributed by atoms with Crippen LogP contribution in [0.25, 0.3) is 0 Å². The van der Waals surface area contributed by atoms with Gasteiger partial charge in [0.05, 0.1) is 19.6 Å². The second-order valence-corrected chi connectivity index (χ2v) is 6.96. The molecular formula is C22H27FN2O2. The number of hydrogen-bond acceptors (Lipinski definition) is 3. The Bertz CT molecular complexity index is 742. The first-order valence-electron chi connectivity index (χ1n) is 9.55. The van der Waals surface area contributed by atoms with E-state index < -0.39 is 0 Å². The number of amides is 1. The lowest BCUT2D eigenvalue weighted by Gasteiger charge is -2.35. The van der Waals surface area contributed by atoms with Crippen molar-refractivity contribution in [2.75, 3.05) is 26.7 Å². The summed E-state index contributed by atoms with van der Waals surface area (Å²) in [6.45, 7) is 2.58. The predicted octanol–water partition coefficient (Wildman–Crippen LogP) is 3.72. The summed E-state index contributed by atoms with van der Waals surface area (Å²) in [6, 6.07) is 14.2. The molecule has 0 aliphatic carbocycles. The monoisotopic (exact) mass is 370 g/mol. The standard InChI is InChI=1S/C22H27FN2O2/c1-27-21-8-4-3-7-19(21)20(25-13-5-2-6-14-25)16-24-22(26)15-17-9-11-18(23)12-10-17/h3-4,7-12,20H,2,5-6,13-16H2,1H3,(H,24,26). The third-order valence-corrected chi connectivity index (χ3v) is 5.10. The molecule has 0 saturated carbocycles. The molecule has 1 saturated heterocycles. The molecule has 0 aromatic heterocycles. The average molecular weight is 370 g/mol. The number of rotatable bonds is 7. The SMILES string of the molecule is COc1ccccc1C(CNC(=O)Cc1ccc(F)cc1)N1CCCCC1. The first-order valence-corrected chi connectivity index (χ1v) is 9.55. The van der Waals surface area contributed by atoms with Gasteiger partial charge in [0.15, 0.2) is 0 Å². The number of ether oxygens (including phenoxy) is 1. The van der Waals surface area contributed by atoms with E-state index in [1.54, 1.807) is 19.2 Å². The number of methoxy groups -OCH3 is 1. The fraction of sp³-hybridized carbons (Fsp3) is 0.409. The van der Waals surface area contributed by atoms with Crippen molar-refractivity contribution in [2.45, 2.75) is 31.7 Å². The van der Waals surface area contributed by atoms with Gasteiger partial charge in [0.1, 0.15) is 11.6 Å². The van der Waals surface area contributed by atoms with Crippen LogP contribution in [0.3, 0.4) is 0 Å². The van der Waals surface area contributed by atoms with Crippen LogP contribution in [-0.4, -0.2) is 37.6 Å². The van der Waals surface area contributed by atoms with Crippen molar-refractivity contribution in [1.82, 2.24) is 10.2 Å². The van der Waals surface area contributed by atoms with E-state index in [1.807, 2.05) is 18.2 Å². The molecule has 0 radical (unpaired) electrons. The minimum atomic E-state index is -0.291. The number of hydrogen-bond donors (Lipinski definition) is 1. The number of carbonyl (C=O) groups is 1. The molecule has 1 fully saturated rings. The highest BCUT2D eigenvalue weighted by molar-refractivity contribution is 5.78. The van der Waals surface area contributed by atoms with Crippen molar-refractivity contribution in [3.05, 3.63) is 65.5 Å². The van der Waals surface area contributed by atoms with Crippen LogP contribution in [0, 0.1) is 5.82 Å². The maximum Gasteiger partial charge on any atom is 0.224 e. The van der Waals surface area contributed by atoms with E-state index in [1.165, 1.54) is 31.4 Å². The van der Waals surface area contributed by atoms with Crippen molar-refractivity contribution in [3.63, 3.8) is 0 Å². The first kappa shape index (κ1) is 19.4. The van der Waals surface area contributed by atoms with Gasteiger partial charge in [0.2, 0.25) is 5.91 Å². The predicted molar refractivity (Wildman–Crippen MR) is 104 cm³/mol. The van der Waals surface area contributed by atoms with Gasteiger partial charge >= 0.3 is 0 Å². The Hall–Kier alpha value is -2.40. The Balaban J connectivity index is 1.69. The lowest BCUT2D eigenvalue weighted by molar-refractivity contribution is -0.120. The fourth-order valence-corrected chi connectivity index (χ4v) is 3.67. The summed E-state index contributed by atoms with van der Waals surface area (Å²) < 4.78 is 18.6. The summed E-state index contributed by atoms with van der Waals surface area (Å²) in [7, 11) is 1.68. The van der Waals surface area contributed by atoms with Crippen LogP contribution in [-0.2, 0) is 11.2 Å². The second-order valence-electron chi connectivity index (χ2n) is 6.96. The summed E-state index contributed by atoms with van der Waals surface area (Å²) >= 11 is 0. The minimum Gasteiger partial charge on any atom is -0.496 e. The Morgan fingerprint density at radius 3 is 2.52 bits per heavy atom. The number of piperidine rings is 1. The normalized spacial score (nSPS) is 15.9. The third-order valence-electron chi connectivity index (χ3n) is 5.10. The average Bonchev–Trinajstić information content (AvgIpc) is 2.71. The zero-order valence-corrected chi connectivity index (χ0v) is 15.8. The van der Waals surface area contributed by atoms with Crippen LogP contribution in [0.5, 0.6) is 5.75 Å². The number of likely N-dealkylation sites (tertiary alicyclic amines) is 1. The number of para-hydroxylation sites is 1. The highest BCUT2D eigenvalue weighted by Crippen LogP contribution is 2.30. The van der Waals surface area contributed by atoms with E-state index in [9.17, 15) is 9.18 Å². The van der Waals surface area contributed by atoms with Crippen LogP contribution in [0.2, 0.25) is 0 Å². The van der Waals surface area contributed by atoms with Gasteiger partial charge in [-0.25, -0.2) is 4.39 Å². The maximum absolute atomic E-state index is 13.0. The molecule has 5 heteroatoms. The van der Waals surface area contributed by atoms with Crippen LogP contribution >= 0.6 is 0 Å². The van der Waals surface area contributed by atoms with Gasteiger partial charge in [-0.2, -0.15) is 0 Å². The summed E-state index contributed by atoms with van der Waals surface area (Å²) in [5.41, 5.74) is 1.91. The molecule has 2 aromatic carbocycles. The van der Waals surface area contributed by atoms with Gasteiger partial charge in [0, 0.05) is 12.1 Å². The minimum absolute atomic E-state index is 0.0569. The number of nitrogens with zero attached hydrogens (tertiary/aromatic N) is 1. The molecule has 0 spiro atoms. The van der Waals surface area contributed by atoms with Gasteiger partial charge in [0.25, 0.3) is 0 Å². The van der Waals surface area contributed by atoms with Crippen LogP contribution in [0.1, 0.15) is 36.4 Å². The lowest BCUT2D eigenvalue weighted by Crippen LogP contribution is -2.41. The Morgan fingerprint density at radius 1 is 1.11 bits per heavy atom. The molecule has 144 valence electrons. The third kappa shape index (κ3) is 5.30. The van der Waals surface area contributed by atoms with Crippen molar-refractivity contribution >= 4 is 5.91 Å². The zero-order valence-electron chi connectivity index (χ0n) is 15.8. The number of carbonyl (C=O) groups excluding carboxylic acids is 1. The molecule has 0 bridgehead atoms. The summed E-state index contributed by atoms with van der Waals surface area (Å²) in [5.74, 6) is 0.500. The molecule has 1 heterocycles. The molecule has 1 N–H and O–H groups in total. The molecule has 1 aliphatic rings. The Labute approximate surface area is 160 Å². The van der Waals surface area contributed by atoms with Crippen LogP contribution < -0.4 is 10.1 Å². The highest BCUT2D eigenvalue weighted by Gasteiger charge is 2.25. The summed E-state index contributed by atoms with van der Waals surface area (Å²) in [5, 5.41) is 3.06. The molecule has 1 amide bonds. The van der Waals surface area contributed by atoms with E-state index in [4.69, 9.17) is 4.74 Å². The van der Waals surface area contributed by atoms with Gasteiger partial charge in [-0.05, 0) is 49.7 Å². The number of benzene rings is 2. The first-order chi connectivity index (χ1) is 13.2. The highest BCUT2D eigenvalue weighted by atomic mass is 19.1. The Kier molecular flexibility index (Phi) is 6.82. The van der Waals surface area contributed by atoms with Gasteiger partial charge in [-0.1, -0.05) is 36.8 Å². The smallest absolute Gasteiger partial charge is 0.224 e. The quantitative estimate of drug-likeness (QED) is 0.808. The van der Waals surface area contributed by atoms with E-state index in [2.05, 4.69) is 16.3 Å².